The number of Topliss-reactive ketones (excluding diaryl/α,β-unsaturated/α-hetero) is 1. The fraction of sp³-hybridized carbons (Fsp3) is 0.429. The lowest BCUT2D eigenvalue weighted by Crippen LogP contribution is -2.14. The van der Waals surface area contributed by atoms with Gasteiger partial charge in [-0.3, -0.25) is 9.59 Å². The third-order valence-corrected chi connectivity index (χ3v) is 3.53. The molecule has 0 saturated heterocycles. The van der Waals surface area contributed by atoms with Gasteiger partial charge < -0.3 is 9.84 Å². The normalized spacial score (nSPS) is 22.7. The highest BCUT2D eigenvalue weighted by Crippen LogP contribution is 2.33. The maximum absolute atomic E-state index is 12.2. The summed E-state index contributed by atoms with van der Waals surface area (Å²) in [5.74, 6) is -0.556. The monoisotopic (exact) mass is 248 g/mol. The highest BCUT2D eigenvalue weighted by atomic mass is 16.5. The molecule has 96 valence electrons. The van der Waals surface area contributed by atoms with E-state index in [1.165, 1.54) is 0 Å². The number of aliphatic carboxylic acids is 1. The Morgan fingerprint density at radius 1 is 1.17 bits per heavy atom. The Morgan fingerprint density at radius 2 is 1.78 bits per heavy atom. The van der Waals surface area contributed by atoms with Crippen molar-refractivity contribution >= 4 is 11.8 Å². The van der Waals surface area contributed by atoms with E-state index in [0.717, 1.165) is 0 Å². The minimum atomic E-state index is -0.792. The number of carbonyl (C=O) groups is 2. The number of carbonyl (C=O) groups excluding carboxylic acids is 1. The Labute approximate surface area is 106 Å². The van der Waals surface area contributed by atoms with Crippen molar-refractivity contribution in [1.82, 2.24) is 0 Å². The molecule has 1 aliphatic carbocycles. The van der Waals surface area contributed by atoms with Crippen molar-refractivity contribution in [2.24, 2.45) is 11.8 Å². The van der Waals surface area contributed by atoms with Gasteiger partial charge in [0.1, 0.15) is 5.75 Å². The number of ether oxygens (including phenoxy) is 1. The first-order chi connectivity index (χ1) is 8.61. The third-order valence-electron chi connectivity index (χ3n) is 3.53. The van der Waals surface area contributed by atoms with E-state index in [-0.39, 0.29) is 17.6 Å². The first-order valence-corrected chi connectivity index (χ1v) is 6.03. The van der Waals surface area contributed by atoms with E-state index in [1.807, 2.05) is 0 Å². The average molecular weight is 248 g/mol. The maximum Gasteiger partial charge on any atom is 0.306 e. The van der Waals surface area contributed by atoms with Crippen molar-refractivity contribution in [1.29, 1.82) is 0 Å². The Morgan fingerprint density at radius 3 is 2.28 bits per heavy atom. The van der Waals surface area contributed by atoms with Gasteiger partial charge in [-0.25, -0.2) is 0 Å². The number of carboxylic acid groups (broad SMARTS) is 1. The molecule has 0 unspecified atom stereocenters. The van der Waals surface area contributed by atoms with Gasteiger partial charge in [-0.1, -0.05) is 0 Å². The molecule has 0 radical (unpaired) electrons. The molecule has 0 aliphatic heterocycles. The first kappa shape index (κ1) is 12.6. The van der Waals surface area contributed by atoms with Crippen molar-refractivity contribution < 1.29 is 19.4 Å². The number of hydrogen-bond acceptors (Lipinski definition) is 3. The molecule has 1 saturated carbocycles. The Hall–Kier alpha value is -1.84. The topological polar surface area (TPSA) is 63.6 Å². The highest BCUT2D eigenvalue weighted by Gasteiger charge is 2.34. The van der Waals surface area contributed by atoms with Crippen LogP contribution in [-0.2, 0) is 4.79 Å². The number of methoxy groups -OCH3 is 1. The van der Waals surface area contributed by atoms with E-state index < -0.39 is 5.97 Å². The van der Waals surface area contributed by atoms with E-state index >= 15 is 0 Å². The van der Waals surface area contributed by atoms with Crippen molar-refractivity contribution in [2.75, 3.05) is 7.11 Å². The van der Waals surface area contributed by atoms with Crippen LogP contribution < -0.4 is 4.74 Å². The molecule has 1 fully saturated rings. The van der Waals surface area contributed by atoms with Crippen LogP contribution in [0.25, 0.3) is 0 Å². The van der Waals surface area contributed by atoms with Gasteiger partial charge in [0.05, 0.1) is 13.0 Å². The summed E-state index contributed by atoms with van der Waals surface area (Å²) in [5.41, 5.74) is 0.631. The highest BCUT2D eigenvalue weighted by molar-refractivity contribution is 5.98. The summed E-state index contributed by atoms with van der Waals surface area (Å²) in [7, 11) is 1.57. The molecule has 1 aromatic rings. The third kappa shape index (κ3) is 2.53. The molecule has 1 aliphatic rings. The molecular weight excluding hydrogens is 232 g/mol. The number of rotatable bonds is 4. The van der Waals surface area contributed by atoms with Crippen LogP contribution in [0.15, 0.2) is 24.3 Å². The van der Waals surface area contributed by atoms with E-state index in [0.29, 0.717) is 30.6 Å². The fourth-order valence-corrected chi connectivity index (χ4v) is 2.43. The second kappa shape index (κ2) is 5.21. The van der Waals surface area contributed by atoms with Crippen LogP contribution in [0.4, 0.5) is 0 Å². The van der Waals surface area contributed by atoms with Gasteiger partial charge in [0.15, 0.2) is 5.78 Å². The van der Waals surface area contributed by atoms with Gasteiger partial charge in [-0.2, -0.15) is 0 Å². The van der Waals surface area contributed by atoms with Crippen LogP contribution in [0, 0.1) is 11.8 Å². The number of carboxylic acids is 1. The summed E-state index contributed by atoms with van der Waals surface area (Å²) < 4.78 is 5.03. The first-order valence-electron chi connectivity index (χ1n) is 6.03. The second-order valence-corrected chi connectivity index (χ2v) is 4.64. The molecule has 0 aromatic heterocycles. The zero-order valence-corrected chi connectivity index (χ0v) is 10.3. The van der Waals surface area contributed by atoms with Crippen LogP contribution in [0.1, 0.15) is 29.6 Å². The summed E-state index contributed by atoms with van der Waals surface area (Å²) in [6, 6.07) is 6.96. The van der Waals surface area contributed by atoms with Gasteiger partial charge in [-0.15, -0.1) is 0 Å². The maximum atomic E-state index is 12.2. The molecule has 0 bridgehead atoms. The van der Waals surface area contributed by atoms with Gasteiger partial charge in [0.25, 0.3) is 0 Å². The fourth-order valence-electron chi connectivity index (χ4n) is 2.43. The Bertz CT molecular complexity index is 449. The molecule has 0 amide bonds. The predicted octanol–water partition coefficient (Wildman–Crippen LogP) is 2.38. The summed E-state index contributed by atoms with van der Waals surface area (Å²) in [4.78, 5) is 23.0. The molecule has 2 atom stereocenters. The Kier molecular flexibility index (Phi) is 3.65. The van der Waals surface area contributed by atoms with Gasteiger partial charge in [0.2, 0.25) is 0 Å². The lowest BCUT2D eigenvalue weighted by atomic mass is 9.95. The summed E-state index contributed by atoms with van der Waals surface area (Å²) in [6.45, 7) is 0. The minimum absolute atomic E-state index is 0.0430. The van der Waals surface area contributed by atoms with Crippen molar-refractivity contribution in [3.63, 3.8) is 0 Å². The summed E-state index contributed by atoms with van der Waals surface area (Å²) in [5, 5.41) is 8.92. The number of ketones is 1. The Balaban J connectivity index is 2.05. The number of hydrogen-bond donors (Lipinski definition) is 1. The smallest absolute Gasteiger partial charge is 0.306 e. The van der Waals surface area contributed by atoms with Crippen LogP contribution in [-0.4, -0.2) is 24.0 Å². The quantitative estimate of drug-likeness (QED) is 0.831. The lowest BCUT2D eigenvalue weighted by Gasteiger charge is -2.09. The van der Waals surface area contributed by atoms with Gasteiger partial charge in [-0.05, 0) is 43.5 Å². The van der Waals surface area contributed by atoms with Crippen LogP contribution in [0.2, 0.25) is 0 Å². The standard InChI is InChI=1S/C14H16O4/c1-18-12-6-4-9(5-7-12)13(15)10-2-3-11(8-10)14(16)17/h4-7,10-11H,2-3,8H2,1H3,(H,16,17)/t10-,11+/m0/s1. The van der Waals surface area contributed by atoms with Crippen molar-refractivity contribution in [2.45, 2.75) is 19.3 Å². The molecule has 4 nitrogen and oxygen atoms in total. The summed E-state index contributed by atoms with van der Waals surface area (Å²) >= 11 is 0. The largest absolute Gasteiger partial charge is 0.497 e. The zero-order chi connectivity index (χ0) is 13.1. The zero-order valence-electron chi connectivity index (χ0n) is 10.3. The summed E-state index contributed by atoms with van der Waals surface area (Å²) in [6.07, 6.45) is 1.73. The molecule has 0 heterocycles. The molecule has 0 spiro atoms. The lowest BCUT2D eigenvalue weighted by molar-refractivity contribution is -0.141. The molecule has 1 aromatic carbocycles. The SMILES string of the molecule is COc1ccc(C(=O)[C@H]2CC[C@@H](C(=O)O)C2)cc1. The van der Waals surface area contributed by atoms with Crippen molar-refractivity contribution in [3.05, 3.63) is 29.8 Å². The van der Waals surface area contributed by atoms with Crippen molar-refractivity contribution in [3.8, 4) is 5.75 Å². The average Bonchev–Trinajstić information content (AvgIpc) is 2.88. The van der Waals surface area contributed by atoms with Crippen LogP contribution >= 0.6 is 0 Å². The molecule has 1 N–H and O–H groups in total. The van der Waals surface area contributed by atoms with E-state index in [4.69, 9.17) is 9.84 Å². The predicted molar refractivity (Wildman–Crippen MR) is 65.8 cm³/mol. The minimum Gasteiger partial charge on any atom is -0.497 e. The van der Waals surface area contributed by atoms with E-state index in [9.17, 15) is 9.59 Å². The van der Waals surface area contributed by atoms with E-state index in [1.54, 1.807) is 31.4 Å². The van der Waals surface area contributed by atoms with Gasteiger partial charge in [0, 0.05) is 11.5 Å². The molecule has 4 heteroatoms. The number of benzene rings is 1. The second-order valence-electron chi connectivity index (χ2n) is 4.64. The molecule has 18 heavy (non-hydrogen) atoms. The van der Waals surface area contributed by atoms with Crippen LogP contribution in [0.3, 0.4) is 0 Å². The van der Waals surface area contributed by atoms with Crippen LogP contribution in [0.5, 0.6) is 5.75 Å². The molecule has 2 rings (SSSR count). The van der Waals surface area contributed by atoms with E-state index in [2.05, 4.69) is 0 Å². The molecular formula is C14H16O4. The van der Waals surface area contributed by atoms with Gasteiger partial charge >= 0.3 is 5.97 Å².